The lowest BCUT2D eigenvalue weighted by molar-refractivity contribution is 0.106. The minimum Gasteiger partial charge on any atom is -0.287 e. The zero-order chi connectivity index (χ0) is 19.2. The number of rotatable bonds is 5. The number of Topliss-reactive ketones (excluding diaryl/α,β-unsaturated/α-hetero) is 1. The van der Waals surface area contributed by atoms with E-state index < -0.39 is 0 Å². The number of ketones is 1. The van der Waals surface area contributed by atoms with Crippen molar-refractivity contribution in [3.8, 4) is 0 Å². The molecular weight excluding hydrogens is 344 g/mol. The van der Waals surface area contributed by atoms with Crippen LogP contribution in [0, 0.1) is 0 Å². The summed E-state index contributed by atoms with van der Waals surface area (Å²) in [5.41, 5.74) is 2.61. The molecule has 0 saturated heterocycles. The molecule has 0 fully saturated rings. The van der Waals surface area contributed by atoms with Crippen LogP contribution in [0.25, 0.3) is 10.8 Å². The van der Waals surface area contributed by atoms with Gasteiger partial charge in [-0.2, -0.15) is 5.10 Å². The third-order valence-electron chi connectivity index (χ3n) is 4.48. The molecule has 4 aromatic rings. The number of carbonyl (C=O) groups is 1. The second-order valence-corrected chi connectivity index (χ2v) is 6.32. The molecule has 3 nitrogen and oxygen atoms in total. The number of carbonyl (C=O) groups excluding carboxylic acids is 1. The summed E-state index contributed by atoms with van der Waals surface area (Å²) >= 11 is 0. The molecule has 0 atom stereocenters. The molecule has 0 saturated carbocycles. The van der Waals surface area contributed by atoms with Crippen molar-refractivity contribution in [2.75, 3.05) is 0 Å². The summed E-state index contributed by atoms with van der Waals surface area (Å²) in [6.45, 7) is 0. The molecule has 4 rings (SSSR count). The topological polar surface area (TPSA) is 41.8 Å². The third kappa shape index (κ3) is 3.79. The van der Waals surface area contributed by atoms with Crippen LogP contribution in [0.15, 0.2) is 113 Å². The van der Waals surface area contributed by atoms with Gasteiger partial charge in [0.1, 0.15) is 5.71 Å². The molecule has 0 amide bonds. The van der Waals surface area contributed by atoms with Crippen molar-refractivity contribution in [2.45, 2.75) is 0 Å². The number of hydrogen-bond donors (Lipinski definition) is 0. The average Bonchev–Trinajstić information content (AvgIpc) is 2.77. The van der Waals surface area contributed by atoms with Crippen molar-refractivity contribution in [3.63, 3.8) is 0 Å². The Hall–Kier alpha value is -3.85. The van der Waals surface area contributed by atoms with E-state index in [9.17, 15) is 4.79 Å². The Bertz CT molecular complexity index is 1160. The van der Waals surface area contributed by atoms with E-state index in [0.29, 0.717) is 11.3 Å². The highest BCUT2D eigenvalue weighted by atomic mass is 16.1. The predicted molar refractivity (Wildman–Crippen MR) is 115 cm³/mol. The standard InChI is InChI=1S/C25H18N2O/c28-25(21-13-5-2-6-14-21)24(20-11-3-1-4-12-20)27-26-18-22-16-9-15-19-10-7-8-17-23(19)22/h1-18H/b26-18+,27-24-. The lowest BCUT2D eigenvalue weighted by Crippen LogP contribution is -2.15. The summed E-state index contributed by atoms with van der Waals surface area (Å²) in [6.07, 6.45) is 1.70. The maximum atomic E-state index is 13.0. The van der Waals surface area contributed by atoms with Gasteiger partial charge in [-0.05, 0) is 10.8 Å². The first-order chi connectivity index (χ1) is 13.8. The molecule has 28 heavy (non-hydrogen) atoms. The molecule has 0 unspecified atom stereocenters. The fourth-order valence-electron chi connectivity index (χ4n) is 3.07. The van der Waals surface area contributed by atoms with Gasteiger partial charge in [0.25, 0.3) is 0 Å². The van der Waals surface area contributed by atoms with Gasteiger partial charge < -0.3 is 0 Å². The molecular formula is C25H18N2O. The van der Waals surface area contributed by atoms with Gasteiger partial charge in [-0.15, -0.1) is 5.10 Å². The minimum absolute atomic E-state index is 0.151. The Kier molecular flexibility index (Phi) is 5.16. The van der Waals surface area contributed by atoms with Crippen molar-refractivity contribution in [1.82, 2.24) is 0 Å². The molecule has 0 aliphatic heterocycles. The fourth-order valence-corrected chi connectivity index (χ4v) is 3.07. The molecule has 134 valence electrons. The highest BCUT2D eigenvalue weighted by Crippen LogP contribution is 2.17. The first-order valence-electron chi connectivity index (χ1n) is 9.07. The van der Waals surface area contributed by atoms with Crippen LogP contribution < -0.4 is 0 Å². The van der Waals surface area contributed by atoms with E-state index in [0.717, 1.165) is 21.9 Å². The van der Waals surface area contributed by atoms with Crippen molar-refractivity contribution < 1.29 is 4.79 Å². The highest BCUT2D eigenvalue weighted by Gasteiger charge is 2.16. The molecule has 4 aromatic carbocycles. The summed E-state index contributed by atoms with van der Waals surface area (Å²) in [6, 6.07) is 32.7. The SMILES string of the molecule is O=C(/C(=N\N=C\c1cccc2ccccc12)c1ccccc1)c1ccccc1. The van der Waals surface area contributed by atoms with Gasteiger partial charge >= 0.3 is 0 Å². The molecule has 0 heterocycles. The van der Waals surface area contributed by atoms with Crippen LogP contribution in [-0.4, -0.2) is 17.7 Å². The zero-order valence-electron chi connectivity index (χ0n) is 15.2. The predicted octanol–water partition coefficient (Wildman–Crippen LogP) is 5.55. The van der Waals surface area contributed by atoms with Crippen molar-refractivity contribution >= 4 is 28.5 Å². The van der Waals surface area contributed by atoms with E-state index in [1.165, 1.54) is 0 Å². The van der Waals surface area contributed by atoms with Crippen LogP contribution in [0.2, 0.25) is 0 Å². The van der Waals surface area contributed by atoms with Crippen LogP contribution in [0.5, 0.6) is 0 Å². The summed E-state index contributed by atoms with van der Waals surface area (Å²) in [7, 11) is 0. The van der Waals surface area contributed by atoms with Crippen LogP contribution in [0.3, 0.4) is 0 Å². The maximum absolute atomic E-state index is 13.0. The Morgan fingerprint density at radius 3 is 2.00 bits per heavy atom. The number of hydrogen-bond acceptors (Lipinski definition) is 3. The van der Waals surface area contributed by atoms with E-state index in [-0.39, 0.29) is 5.78 Å². The molecule has 0 aromatic heterocycles. The number of benzene rings is 4. The van der Waals surface area contributed by atoms with Gasteiger partial charge in [0.15, 0.2) is 0 Å². The largest absolute Gasteiger partial charge is 0.287 e. The lowest BCUT2D eigenvalue weighted by Gasteiger charge is -2.05. The van der Waals surface area contributed by atoms with Gasteiger partial charge in [0.05, 0.1) is 6.21 Å². The monoisotopic (exact) mass is 362 g/mol. The first-order valence-corrected chi connectivity index (χ1v) is 9.07. The van der Waals surface area contributed by atoms with Crippen molar-refractivity contribution in [3.05, 3.63) is 120 Å². The molecule has 0 radical (unpaired) electrons. The van der Waals surface area contributed by atoms with E-state index in [4.69, 9.17) is 0 Å². The third-order valence-corrected chi connectivity index (χ3v) is 4.48. The summed E-state index contributed by atoms with van der Waals surface area (Å²) < 4.78 is 0. The van der Waals surface area contributed by atoms with Gasteiger partial charge in [-0.25, -0.2) is 0 Å². The molecule has 0 spiro atoms. The van der Waals surface area contributed by atoms with Gasteiger partial charge in [0, 0.05) is 16.7 Å². The Morgan fingerprint density at radius 2 is 1.25 bits per heavy atom. The average molecular weight is 362 g/mol. The van der Waals surface area contributed by atoms with Crippen molar-refractivity contribution in [1.29, 1.82) is 0 Å². The van der Waals surface area contributed by atoms with Crippen LogP contribution >= 0.6 is 0 Å². The zero-order valence-corrected chi connectivity index (χ0v) is 15.2. The molecule has 0 bridgehead atoms. The molecule has 0 aliphatic carbocycles. The smallest absolute Gasteiger partial charge is 0.213 e. The van der Waals surface area contributed by atoms with Crippen LogP contribution in [0.1, 0.15) is 21.5 Å². The van der Waals surface area contributed by atoms with Gasteiger partial charge in [0.2, 0.25) is 5.78 Å². The Balaban J connectivity index is 1.73. The van der Waals surface area contributed by atoms with Gasteiger partial charge in [-0.3, -0.25) is 4.79 Å². The lowest BCUT2D eigenvalue weighted by atomic mass is 10.0. The van der Waals surface area contributed by atoms with E-state index in [1.54, 1.807) is 18.3 Å². The summed E-state index contributed by atoms with van der Waals surface area (Å²) in [4.78, 5) is 13.0. The van der Waals surface area contributed by atoms with E-state index in [1.807, 2.05) is 78.9 Å². The highest BCUT2D eigenvalue weighted by molar-refractivity contribution is 6.51. The number of fused-ring (bicyclic) bond motifs is 1. The maximum Gasteiger partial charge on any atom is 0.213 e. The van der Waals surface area contributed by atoms with Gasteiger partial charge in [-0.1, -0.05) is 103 Å². The minimum atomic E-state index is -0.151. The van der Waals surface area contributed by atoms with Crippen LogP contribution in [0.4, 0.5) is 0 Å². The van der Waals surface area contributed by atoms with E-state index >= 15 is 0 Å². The second kappa shape index (κ2) is 8.23. The molecule has 0 N–H and O–H groups in total. The fraction of sp³-hybridized carbons (Fsp3) is 0. The summed E-state index contributed by atoms with van der Waals surface area (Å²) in [5, 5.41) is 10.8. The Morgan fingerprint density at radius 1 is 0.643 bits per heavy atom. The second-order valence-electron chi connectivity index (χ2n) is 6.32. The van der Waals surface area contributed by atoms with Crippen molar-refractivity contribution in [2.24, 2.45) is 10.2 Å². The Labute approximate surface area is 163 Å². The van der Waals surface area contributed by atoms with E-state index in [2.05, 4.69) is 22.3 Å². The number of nitrogens with zero attached hydrogens (tertiary/aromatic N) is 2. The molecule has 0 aliphatic rings. The molecule has 3 heteroatoms. The van der Waals surface area contributed by atoms with Crippen LogP contribution in [-0.2, 0) is 0 Å². The quantitative estimate of drug-likeness (QED) is 0.261. The normalized spacial score (nSPS) is 11.8. The first kappa shape index (κ1) is 17.6. The summed E-state index contributed by atoms with van der Waals surface area (Å²) in [5.74, 6) is -0.151.